The number of benzene rings is 8. The molecule has 0 unspecified atom stereocenters. The molecule has 348 valence electrons. The van der Waals surface area contributed by atoms with Crippen molar-refractivity contribution in [2.45, 2.75) is 72.6 Å². The zero-order chi connectivity index (χ0) is 49.0. The van der Waals surface area contributed by atoms with Gasteiger partial charge < -0.3 is 28.4 Å². The predicted octanol–water partition coefficient (Wildman–Crippen LogP) is 12.3. The fourth-order valence-corrected chi connectivity index (χ4v) is 8.18. The number of fused-ring (bicyclic) bond motifs is 4. The second kappa shape index (κ2) is 19.8. The van der Waals surface area contributed by atoms with Gasteiger partial charge >= 0.3 is 35.8 Å². The van der Waals surface area contributed by atoms with Crippen LogP contribution in [0.1, 0.15) is 99.1 Å². The van der Waals surface area contributed by atoms with E-state index in [1.54, 1.807) is 137 Å². The molecule has 12 nitrogen and oxygen atoms in total. The molecule has 0 aliphatic rings. The van der Waals surface area contributed by atoms with Crippen molar-refractivity contribution < 1.29 is 57.2 Å². The van der Waals surface area contributed by atoms with Gasteiger partial charge in [-0.05, 0) is 47.5 Å². The molecule has 0 saturated carbocycles. The molecule has 0 radical (unpaired) electrons. The highest BCUT2D eigenvalue weighted by molar-refractivity contribution is 6.20. The van der Waals surface area contributed by atoms with E-state index in [0.717, 1.165) is 11.1 Å². The zero-order valence-electron chi connectivity index (χ0n) is 38.9. The van der Waals surface area contributed by atoms with Gasteiger partial charge in [0.2, 0.25) is 0 Å². The third kappa shape index (κ3) is 9.33. The van der Waals surface area contributed by atoms with E-state index in [4.69, 9.17) is 28.4 Å². The minimum Gasteiger partial charge on any atom is -0.425 e. The van der Waals surface area contributed by atoms with Crippen molar-refractivity contribution in [1.29, 1.82) is 0 Å². The van der Waals surface area contributed by atoms with Crippen LogP contribution in [-0.2, 0) is 24.6 Å². The third-order valence-corrected chi connectivity index (χ3v) is 11.9. The summed E-state index contributed by atoms with van der Waals surface area (Å²) in [6, 6.07) is 38.1. The summed E-state index contributed by atoms with van der Waals surface area (Å²) in [6.07, 6.45) is 0.407. The Balaban J connectivity index is 1.06. The van der Waals surface area contributed by atoms with Crippen LogP contribution in [-0.4, -0.2) is 35.8 Å². The molecule has 0 aliphatic carbocycles. The van der Waals surface area contributed by atoms with Crippen LogP contribution in [0.25, 0.3) is 43.1 Å². The largest absolute Gasteiger partial charge is 0.425 e. The molecule has 0 bridgehead atoms. The minimum absolute atomic E-state index is 0.0854. The predicted molar refractivity (Wildman–Crippen MR) is 262 cm³/mol. The topological polar surface area (TPSA) is 158 Å². The number of carbonyl (C=O) groups excluding carboxylic acids is 6. The highest BCUT2D eigenvalue weighted by atomic mass is 16.6. The summed E-state index contributed by atoms with van der Waals surface area (Å²) in [5.74, 6) is -2.08. The van der Waals surface area contributed by atoms with E-state index >= 15 is 0 Å². The monoisotopic (exact) mass is 924 g/mol. The summed E-state index contributed by atoms with van der Waals surface area (Å²) in [5.41, 5.74) is 1.40. The Morgan fingerprint density at radius 3 is 0.957 bits per heavy atom. The second-order valence-corrected chi connectivity index (χ2v) is 16.6. The highest BCUT2D eigenvalue weighted by Crippen LogP contribution is 2.47. The first-order valence-corrected chi connectivity index (χ1v) is 22.7. The summed E-state index contributed by atoms with van der Waals surface area (Å²) in [6.45, 7) is 10.8. The maximum Gasteiger partial charge on any atom is 0.344 e. The maximum atomic E-state index is 14.1. The van der Waals surface area contributed by atoms with Gasteiger partial charge in [0.15, 0.2) is 0 Å². The average Bonchev–Trinajstić information content (AvgIpc) is 3.37. The van der Waals surface area contributed by atoms with E-state index in [1.165, 1.54) is 0 Å². The molecule has 0 saturated heterocycles. The molecule has 0 fully saturated rings. The smallest absolute Gasteiger partial charge is 0.344 e. The fourth-order valence-electron chi connectivity index (χ4n) is 8.18. The Bertz CT molecular complexity index is 3130. The molecule has 8 aromatic rings. The lowest BCUT2D eigenvalue weighted by atomic mass is 9.78. The van der Waals surface area contributed by atoms with Crippen molar-refractivity contribution in [3.8, 4) is 34.5 Å². The lowest BCUT2D eigenvalue weighted by molar-refractivity contribution is -0.134. The summed E-state index contributed by atoms with van der Waals surface area (Å²) in [4.78, 5) is 79.0. The number of ether oxygens (including phenoxy) is 6. The summed E-state index contributed by atoms with van der Waals surface area (Å²) < 4.78 is 35.3. The standard InChI is InChI=1S/C57H48O12/c1-7-45(58)66-51-37-17-11-13-19-39(37)53(68-47(60)9-3)49-41(51)21-15-23-43(49)55(62)64-35-29-25-33(26-30-35)57(5,6)34-27-31-36(32-28-34)65-56(63)44-24-16-22-42-50(44)54(69-48(61)10-4)40-20-14-12-18-38(40)52(42)67-46(59)8-2/h11-32H,7-10H2,1-6H3. The Morgan fingerprint density at radius 1 is 0.348 bits per heavy atom. The molecule has 0 heterocycles. The Kier molecular flexibility index (Phi) is 13.5. The van der Waals surface area contributed by atoms with E-state index < -0.39 is 41.2 Å². The van der Waals surface area contributed by atoms with Gasteiger partial charge in [-0.15, -0.1) is 0 Å². The molecule has 69 heavy (non-hydrogen) atoms. The van der Waals surface area contributed by atoms with Crippen molar-refractivity contribution in [1.82, 2.24) is 0 Å². The molecule has 0 atom stereocenters. The molecule has 8 rings (SSSR count). The normalized spacial score (nSPS) is 11.3. The van der Waals surface area contributed by atoms with Crippen LogP contribution in [0.15, 0.2) is 133 Å². The number of hydrogen-bond acceptors (Lipinski definition) is 12. The van der Waals surface area contributed by atoms with Gasteiger partial charge in [0.1, 0.15) is 34.5 Å². The first-order valence-electron chi connectivity index (χ1n) is 22.7. The molecule has 0 aliphatic heterocycles. The lowest BCUT2D eigenvalue weighted by Crippen LogP contribution is -2.19. The SMILES string of the molecule is CCC(=O)Oc1c2ccccc2c(OC(=O)CC)c2c(C(=O)Oc3ccc(C(C)(C)c4ccc(OC(=O)c5cccc6c(OC(=O)CC)c7ccccc7c(OC(=O)CC)c56)cc4)cc3)cccc12. The number of esters is 6. The van der Waals surface area contributed by atoms with Crippen LogP contribution in [0.4, 0.5) is 0 Å². The fraction of sp³-hybridized carbons (Fsp3) is 0.193. The average molecular weight is 925 g/mol. The van der Waals surface area contributed by atoms with Gasteiger partial charge in [-0.3, -0.25) is 19.2 Å². The van der Waals surface area contributed by atoms with Gasteiger partial charge in [-0.25, -0.2) is 9.59 Å². The van der Waals surface area contributed by atoms with Crippen LogP contribution >= 0.6 is 0 Å². The minimum atomic E-state index is -0.718. The van der Waals surface area contributed by atoms with Crippen molar-refractivity contribution in [3.63, 3.8) is 0 Å². The first kappa shape index (κ1) is 47.1. The molecule has 12 heteroatoms. The molecule has 8 aromatic carbocycles. The molecular weight excluding hydrogens is 877 g/mol. The number of hydrogen-bond donors (Lipinski definition) is 0. The van der Waals surface area contributed by atoms with Crippen molar-refractivity contribution in [2.24, 2.45) is 0 Å². The molecular formula is C57H48O12. The highest BCUT2D eigenvalue weighted by Gasteiger charge is 2.28. The Labute approximate surface area is 397 Å². The zero-order valence-corrected chi connectivity index (χ0v) is 38.9. The van der Waals surface area contributed by atoms with Gasteiger partial charge in [-0.1, -0.05) is 139 Å². The Hall–Kier alpha value is -8.38. The van der Waals surface area contributed by atoms with Crippen molar-refractivity contribution >= 4 is 78.9 Å². The van der Waals surface area contributed by atoms with Crippen molar-refractivity contribution in [2.75, 3.05) is 0 Å². The molecule has 0 aromatic heterocycles. The van der Waals surface area contributed by atoms with Crippen LogP contribution < -0.4 is 28.4 Å². The maximum absolute atomic E-state index is 14.1. The van der Waals surface area contributed by atoms with E-state index in [0.29, 0.717) is 32.3 Å². The van der Waals surface area contributed by atoms with Crippen LogP contribution in [0.3, 0.4) is 0 Å². The van der Waals surface area contributed by atoms with E-state index in [-0.39, 0.29) is 82.1 Å². The van der Waals surface area contributed by atoms with Crippen LogP contribution in [0, 0.1) is 0 Å². The summed E-state index contributed by atoms with van der Waals surface area (Å²) in [5, 5.41) is 3.39. The molecule has 0 amide bonds. The molecule has 0 N–H and O–H groups in total. The van der Waals surface area contributed by atoms with Gasteiger partial charge in [0.05, 0.1) is 11.1 Å². The van der Waals surface area contributed by atoms with Gasteiger partial charge in [0.25, 0.3) is 0 Å². The summed E-state index contributed by atoms with van der Waals surface area (Å²) in [7, 11) is 0. The lowest BCUT2D eigenvalue weighted by Gasteiger charge is -2.26. The third-order valence-electron chi connectivity index (χ3n) is 11.9. The van der Waals surface area contributed by atoms with E-state index in [9.17, 15) is 28.8 Å². The summed E-state index contributed by atoms with van der Waals surface area (Å²) >= 11 is 0. The van der Waals surface area contributed by atoms with Gasteiger partial charge in [0, 0.05) is 74.2 Å². The second-order valence-electron chi connectivity index (χ2n) is 16.6. The first-order chi connectivity index (χ1) is 33.3. The van der Waals surface area contributed by atoms with E-state index in [2.05, 4.69) is 0 Å². The van der Waals surface area contributed by atoms with Crippen molar-refractivity contribution in [3.05, 3.63) is 156 Å². The van der Waals surface area contributed by atoms with E-state index in [1.807, 2.05) is 38.1 Å². The number of rotatable bonds is 14. The number of carbonyl (C=O) groups is 6. The molecule has 0 spiro atoms. The van der Waals surface area contributed by atoms with Gasteiger partial charge in [-0.2, -0.15) is 0 Å². The Morgan fingerprint density at radius 2 is 0.638 bits per heavy atom. The quantitative estimate of drug-likeness (QED) is 0.0578. The van der Waals surface area contributed by atoms with Crippen LogP contribution in [0.5, 0.6) is 34.5 Å². The van der Waals surface area contributed by atoms with Crippen LogP contribution in [0.2, 0.25) is 0 Å².